The molecule has 3 nitrogen and oxygen atoms in total. The Kier molecular flexibility index (Phi) is 4.43. The molecule has 0 saturated carbocycles. The highest BCUT2D eigenvalue weighted by atomic mass is 16.5. The van der Waals surface area contributed by atoms with Crippen LogP contribution in [0, 0.1) is 5.92 Å². The van der Waals surface area contributed by atoms with Gasteiger partial charge < -0.3 is 14.9 Å². The van der Waals surface area contributed by atoms with E-state index in [-0.39, 0.29) is 0 Å². The third kappa shape index (κ3) is 3.65. The molecule has 2 N–H and O–H groups in total. The summed E-state index contributed by atoms with van der Waals surface area (Å²) >= 11 is 0. The summed E-state index contributed by atoms with van der Waals surface area (Å²) in [6, 6.07) is 4.24. The fraction of sp³-hybridized carbons (Fsp3) is 0.692. The van der Waals surface area contributed by atoms with Crippen LogP contribution in [0.1, 0.15) is 31.4 Å². The lowest BCUT2D eigenvalue weighted by molar-refractivity contribution is 0.0616. The predicted molar refractivity (Wildman–Crippen MR) is 63.2 cm³/mol. The van der Waals surface area contributed by atoms with E-state index < -0.39 is 0 Å². The van der Waals surface area contributed by atoms with Crippen LogP contribution in [-0.4, -0.2) is 19.3 Å². The Morgan fingerprint density at radius 1 is 1.38 bits per heavy atom. The molecule has 1 unspecified atom stereocenters. The predicted octanol–water partition coefficient (Wildman–Crippen LogP) is 2.36. The first-order chi connectivity index (χ1) is 7.84. The first-order valence-electron chi connectivity index (χ1n) is 6.20. The topological polar surface area (TPSA) is 48.4 Å². The van der Waals surface area contributed by atoms with Gasteiger partial charge in [-0.05, 0) is 43.7 Å². The Hall–Kier alpha value is -0.800. The maximum atomic E-state index is 6.14. The van der Waals surface area contributed by atoms with Crippen molar-refractivity contribution in [1.82, 2.24) is 0 Å². The van der Waals surface area contributed by atoms with Crippen molar-refractivity contribution in [3.05, 3.63) is 24.2 Å². The standard InChI is InChI=1S/C13H21NO2/c14-12(3-4-13-2-1-7-16-13)10-11-5-8-15-9-6-11/h1-2,7,11-12H,3-6,8-10,14H2. The molecule has 2 heterocycles. The smallest absolute Gasteiger partial charge is 0.103 e. The maximum absolute atomic E-state index is 6.14. The number of hydrogen-bond donors (Lipinski definition) is 1. The molecule has 90 valence electrons. The van der Waals surface area contributed by atoms with Crippen LogP contribution in [0.5, 0.6) is 0 Å². The van der Waals surface area contributed by atoms with Crippen LogP contribution in [0.15, 0.2) is 22.8 Å². The third-order valence-corrected chi connectivity index (χ3v) is 3.32. The van der Waals surface area contributed by atoms with Crippen molar-refractivity contribution in [2.75, 3.05) is 13.2 Å². The van der Waals surface area contributed by atoms with Crippen LogP contribution in [0.4, 0.5) is 0 Å². The molecule has 0 aromatic carbocycles. The van der Waals surface area contributed by atoms with Gasteiger partial charge in [0.1, 0.15) is 5.76 Å². The van der Waals surface area contributed by atoms with Crippen molar-refractivity contribution >= 4 is 0 Å². The van der Waals surface area contributed by atoms with E-state index in [2.05, 4.69) is 0 Å². The summed E-state index contributed by atoms with van der Waals surface area (Å²) in [5, 5.41) is 0. The molecule has 0 amide bonds. The van der Waals surface area contributed by atoms with Crippen molar-refractivity contribution in [2.24, 2.45) is 11.7 Å². The van der Waals surface area contributed by atoms with E-state index in [1.54, 1.807) is 6.26 Å². The number of hydrogen-bond acceptors (Lipinski definition) is 3. The molecule has 0 radical (unpaired) electrons. The highest BCUT2D eigenvalue weighted by Crippen LogP contribution is 2.21. The van der Waals surface area contributed by atoms with Gasteiger partial charge in [-0.25, -0.2) is 0 Å². The molecule has 1 aliphatic rings. The van der Waals surface area contributed by atoms with Crippen molar-refractivity contribution in [3.8, 4) is 0 Å². The van der Waals surface area contributed by atoms with Gasteiger partial charge in [0.15, 0.2) is 0 Å². The Balaban J connectivity index is 1.65. The van der Waals surface area contributed by atoms with E-state index in [0.29, 0.717) is 6.04 Å². The zero-order chi connectivity index (χ0) is 11.2. The molecule has 0 bridgehead atoms. The van der Waals surface area contributed by atoms with Crippen LogP contribution < -0.4 is 5.73 Å². The number of aryl methyl sites for hydroxylation is 1. The van der Waals surface area contributed by atoms with E-state index in [1.165, 1.54) is 12.8 Å². The van der Waals surface area contributed by atoms with E-state index >= 15 is 0 Å². The minimum absolute atomic E-state index is 0.299. The molecule has 0 aliphatic carbocycles. The number of rotatable bonds is 5. The van der Waals surface area contributed by atoms with Gasteiger partial charge in [-0.1, -0.05) is 0 Å². The SMILES string of the molecule is NC(CCc1ccco1)CC1CCOCC1. The van der Waals surface area contributed by atoms with Crippen LogP contribution in [0.3, 0.4) is 0 Å². The fourth-order valence-corrected chi connectivity index (χ4v) is 2.31. The molecule has 3 heteroatoms. The Morgan fingerprint density at radius 2 is 2.19 bits per heavy atom. The number of furan rings is 1. The maximum Gasteiger partial charge on any atom is 0.103 e. The van der Waals surface area contributed by atoms with Crippen molar-refractivity contribution in [1.29, 1.82) is 0 Å². The molecule has 1 fully saturated rings. The second-order valence-corrected chi connectivity index (χ2v) is 4.67. The summed E-state index contributed by atoms with van der Waals surface area (Å²) < 4.78 is 10.6. The van der Waals surface area contributed by atoms with Crippen molar-refractivity contribution in [3.63, 3.8) is 0 Å². The monoisotopic (exact) mass is 223 g/mol. The van der Waals surface area contributed by atoms with Gasteiger partial charge in [-0.15, -0.1) is 0 Å². The lowest BCUT2D eigenvalue weighted by Gasteiger charge is -2.24. The first kappa shape index (κ1) is 11.7. The van der Waals surface area contributed by atoms with Gasteiger partial charge in [0.05, 0.1) is 6.26 Å². The van der Waals surface area contributed by atoms with Crippen molar-refractivity contribution < 1.29 is 9.15 Å². The van der Waals surface area contributed by atoms with Gasteiger partial charge in [0, 0.05) is 25.7 Å². The first-order valence-corrected chi connectivity index (χ1v) is 6.20. The summed E-state index contributed by atoms with van der Waals surface area (Å²) in [4.78, 5) is 0. The molecule has 1 aliphatic heterocycles. The summed E-state index contributed by atoms with van der Waals surface area (Å²) in [5.41, 5.74) is 6.14. The molecule has 16 heavy (non-hydrogen) atoms. The summed E-state index contributed by atoms with van der Waals surface area (Å²) in [7, 11) is 0. The Bertz CT molecular complexity index is 278. The lowest BCUT2D eigenvalue weighted by atomic mass is 9.91. The zero-order valence-corrected chi connectivity index (χ0v) is 9.73. The van der Waals surface area contributed by atoms with Gasteiger partial charge >= 0.3 is 0 Å². The third-order valence-electron chi connectivity index (χ3n) is 3.32. The molecule has 2 rings (SSSR count). The minimum Gasteiger partial charge on any atom is -0.469 e. The van der Waals surface area contributed by atoms with Gasteiger partial charge in [0.25, 0.3) is 0 Å². The largest absolute Gasteiger partial charge is 0.469 e. The zero-order valence-electron chi connectivity index (χ0n) is 9.73. The summed E-state index contributed by atoms with van der Waals surface area (Å²) in [6.45, 7) is 1.82. The van der Waals surface area contributed by atoms with Crippen LogP contribution in [-0.2, 0) is 11.2 Å². The molecule has 0 spiro atoms. The van der Waals surface area contributed by atoms with Gasteiger partial charge in [0.2, 0.25) is 0 Å². The summed E-state index contributed by atoms with van der Waals surface area (Å²) in [6.07, 6.45) is 7.18. The summed E-state index contributed by atoms with van der Waals surface area (Å²) in [5.74, 6) is 1.81. The van der Waals surface area contributed by atoms with Crippen LogP contribution in [0.25, 0.3) is 0 Å². The van der Waals surface area contributed by atoms with Gasteiger partial charge in [-0.3, -0.25) is 0 Å². The molecular weight excluding hydrogens is 202 g/mol. The van der Waals surface area contributed by atoms with E-state index in [9.17, 15) is 0 Å². The molecular formula is C13H21NO2. The highest BCUT2D eigenvalue weighted by molar-refractivity contribution is 4.98. The highest BCUT2D eigenvalue weighted by Gasteiger charge is 2.17. The normalized spacial score (nSPS) is 19.8. The van der Waals surface area contributed by atoms with E-state index in [0.717, 1.165) is 44.2 Å². The average molecular weight is 223 g/mol. The fourth-order valence-electron chi connectivity index (χ4n) is 2.31. The molecule has 1 saturated heterocycles. The quantitative estimate of drug-likeness (QED) is 0.833. The van der Waals surface area contributed by atoms with E-state index in [1.807, 2.05) is 12.1 Å². The lowest BCUT2D eigenvalue weighted by Crippen LogP contribution is -2.27. The molecule has 1 atom stereocenters. The second-order valence-electron chi connectivity index (χ2n) is 4.67. The van der Waals surface area contributed by atoms with Gasteiger partial charge in [-0.2, -0.15) is 0 Å². The Morgan fingerprint density at radius 3 is 2.88 bits per heavy atom. The van der Waals surface area contributed by atoms with Crippen LogP contribution in [0.2, 0.25) is 0 Å². The van der Waals surface area contributed by atoms with Crippen molar-refractivity contribution in [2.45, 2.75) is 38.1 Å². The number of nitrogens with two attached hydrogens (primary N) is 1. The van der Waals surface area contributed by atoms with Crippen LogP contribution >= 0.6 is 0 Å². The molecule has 1 aromatic heterocycles. The molecule has 1 aromatic rings. The Labute approximate surface area is 97.0 Å². The average Bonchev–Trinajstić information content (AvgIpc) is 2.81. The van der Waals surface area contributed by atoms with E-state index in [4.69, 9.17) is 14.9 Å². The minimum atomic E-state index is 0.299. The second kappa shape index (κ2) is 6.06. The number of ether oxygens (including phenoxy) is 1.